The van der Waals surface area contributed by atoms with Gasteiger partial charge in [-0.25, -0.2) is 4.98 Å². The molecular weight excluding hydrogens is 342 g/mol. The van der Waals surface area contributed by atoms with E-state index < -0.39 is 5.91 Å². The summed E-state index contributed by atoms with van der Waals surface area (Å²) in [5.74, 6) is -0.179. The quantitative estimate of drug-likeness (QED) is 0.536. The smallest absolute Gasteiger partial charge is 0.259 e. The third kappa shape index (κ3) is 3.37. The number of hydrogen-bond acceptors (Lipinski definition) is 4. The van der Waals surface area contributed by atoms with Crippen molar-refractivity contribution in [3.05, 3.63) is 58.3 Å². The maximum atomic E-state index is 12.1. The van der Waals surface area contributed by atoms with Crippen LogP contribution in [0.1, 0.15) is 18.4 Å². The molecule has 3 heterocycles. The molecule has 7 heteroatoms. The number of pyridine rings is 2. The second kappa shape index (κ2) is 6.57. The summed E-state index contributed by atoms with van der Waals surface area (Å²) >= 11 is 0. The van der Waals surface area contributed by atoms with Crippen LogP contribution >= 0.6 is 0 Å². The maximum absolute atomic E-state index is 12.1. The van der Waals surface area contributed by atoms with Gasteiger partial charge in [0.1, 0.15) is 17.3 Å². The third-order valence-electron chi connectivity index (χ3n) is 4.72. The van der Waals surface area contributed by atoms with Gasteiger partial charge < -0.3 is 15.3 Å². The molecule has 3 aromatic heterocycles. The van der Waals surface area contributed by atoms with Crippen molar-refractivity contribution in [2.75, 3.05) is 0 Å². The minimum Gasteiger partial charge on any atom is -0.365 e. The molecule has 1 aliphatic carbocycles. The van der Waals surface area contributed by atoms with Crippen molar-refractivity contribution in [1.29, 1.82) is 5.26 Å². The summed E-state index contributed by atoms with van der Waals surface area (Å²) in [5.41, 5.74) is 8.10. The Hall–Kier alpha value is -3.66. The predicted molar refractivity (Wildman–Crippen MR) is 101 cm³/mol. The Morgan fingerprint density at radius 3 is 2.93 bits per heavy atom. The van der Waals surface area contributed by atoms with E-state index in [1.165, 1.54) is 18.9 Å². The van der Waals surface area contributed by atoms with Crippen LogP contribution in [-0.2, 0) is 11.3 Å². The lowest BCUT2D eigenvalue weighted by Gasteiger charge is -2.08. The lowest BCUT2D eigenvalue weighted by molar-refractivity contribution is -0.114. The minimum absolute atomic E-state index is 0.00919. The van der Waals surface area contributed by atoms with Gasteiger partial charge in [-0.05, 0) is 42.5 Å². The number of aromatic nitrogens is 3. The van der Waals surface area contributed by atoms with Crippen LogP contribution in [0.25, 0.3) is 28.2 Å². The first kappa shape index (κ1) is 16.8. The van der Waals surface area contributed by atoms with Gasteiger partial charge in [0.2, 0.25) is 0 Å². The molecule has 0 radical (unpaired) electrons. The molecule has 0 unspecified atom stereocenters. The van der Waals surface area contributed by atoms with Crippen molar-refractivity contribution in [1.82, 2.24) is 14.5 Å². The Kier molecular flexibility index (Phi) is 4.09. The van der Waals surface area contributed by atoms with Crippen LogP contribution in [0.2, 0.25) is 0 Å². The third-order valence-corrected chi connectivity index (χ3v) is 4.72. The van der Waals surface area contributed by atoms with Crippen molar-refractivity contribution in [2.45, 2.75) is 19.4 Å². The second-order valence-electron chi connectivity index (χ2n) is 6.75. The Morgan fingerprint density at radius 1 is 1.41 bits per heavy atom. The van der Waals surface area contributed by atoms with E-state index >= 15 is 0 Å². The number of nitriles is 1. The highest BCUT2D eigenvalue weighted by Crippen LogP contribution is 2.31. The number of aromatic amines is 1. The van der Waals surface area contributed by atoms with E-state index in [4.69, 9.17) is 11.0 Å². The van der Waals surface area contributed by atoms with Crippen LogP contribution in [-0.4, -0.2) is 20.4 Å². The highest BCUT2D eigenvalue weighted by Gasteiger charge is 2.22. The van der Waals surface area contributed by atoms with Crippen molar-refractivity contribution < 1.29 is 4.79 Å². The number of hydrogen-bond donors (Lipinski definition) is 2. The number of H-pyrrole nitrogens is 1. The molecular formula is C20H17N5O2. The standard InChI is InChI=1S/C20H17N5O2/c21-7-14(19(22)27)5-16-9-24-20-17(16)6-15(8-23-20)13-3-4-18(26)25(11-13)10-12-1-2-12/h3-6,8-9,11-12H,1-2,10H2,(H2,22,27)(H,23,24). The second-order valence-corrected chi connectivity index (χ2v) is 6.75. The van der Waals surface area contributed by atoms with E-state index in [1.54, 1.807) is 35.2 Å². The predicted octanol–water partition coefficient (Wildman–Crippen LogP) is 2.19. The Bertz CT molecular complexity index is 1180. The number of carbonyl (C=O) groups is 1. The maximum Gasteiger partial charge on any atom is 0.259 e. The van der Waals surface area contributed by atoms with E-state index in [0.29, 0.717) is 17.1 Å². The molecule has 1 fully saturated rings. The molecule has 134 valence electrons. The number of fused-ring (bicyclic) bond motifs is 1. The van der Waals surface area contributed by atoms with Crippen LogP contribution in [0.5, 0.6) is 0 Å². The van der Waals surface area contributed by atoms with E-state index in [0.717, 1.165) is 23.1 Å². The normalized spacial score (nSPS) is 14.3. The highest BCUT2D eigenvalue weighted by atomic mass is 16.1. The van der Waals surface area contributed by atoms with Gasteiger partial charge in [-0.1, -0.05) is 0 Å². The fraction of sp³-hybridized carbons (Fsp3) is 0.200. The number of primary amides is 1. The SMILES string of the molecule is N#CC(=Cc1c[nH]c2ncc(-c3ccc(=O)n(CC4CC4)c3)cc12)C(N)=O. The van der Waals surface area contributed by atoms with Crippen LogP contribution in [0, 0.1) is 17.2 Å². The summed E-state index contributed by atoms with van der Waals surface area (Å²) in [4.78, 5) is 30.8. The van der Waals surface area contributed by atoms with Crippen LogP contribution in [0.3, 0.4) is 0 Å². The number of nitrogens with one attached hydrogen (secondary N) is 1. The van der Waals surface area contributed by atoms with Crippen molar-refractivity contribution in [3.63, 3.8) is 0 Å². The Balaban J connectivity index is 1.77. The summed E-state index contributed by atoms with van der Waals surface area (Å²) < 4.78 is 1.75. The van der Waals surface area contributed by atoms with Crippen LogP contribution in [0.15, 0.2) is 47.2 Å². The number of amides is 1. The summed E-state index contributed by atoms with van der Waals surface area (Å²) in [6.45, 7) is 0.741. The number of nitrogens with zero attached hydrogens (tertiary/aromatic N) is 3. The molecule has 0 saturated heterocycles. The molecule has 0 atom stereocenters. The number of nitrogens with two attached hydrogens (primary N) is 1. The lowest BCUT2D eigenvalue weighted by atomic mass is 10.1. The Labute approximate surface area is 154 Å². The van der Waals surface area contributed by atoms with Gasteiger partial charge in [-0.2, -0.15) is 5.26 Å². The molecule has 0 bridgehead atoms. The molecule has 0 aromatic carbocycles. The average molecular weight is 359 g/mol. The Morgan fingerprint density at radius 2 is 2.22 bits per heavy atom. The molecule has 1 amide bonds. The highest BCUT2D eigenvalue weighted by molar-refractivity contribution is 6.03. The van der Waals surface area contributed by atoms with Gasteiger partial charge in [0, 0.05) is 47.7 Å². The van der Waals surface area contributed by atoms with E-state index in [-0.39, 0.29) is 11.1 Å². The van der Waals surface area contributed by atoms with Gasteiger partial charge in [0.25, 0.3) is 11.5 Å². The van der Waals surface area contributed by atoms with E-state index in [9.17, 15) is 9.59 Å². The zero-order valence-electron chi connectivity index (χ0n) is 14.5. The first-order chi connectivity index (χ1) is 13.0. The van der Waals surface area contributed by atoms with Crippen LogP contribution < -0.4 is 11.3 Å². The first-order valence-electron chi connectivity index (χ1n) is 8.65. The lowest BCUT2D eigenvalue weighted by Crippen LogP contribution is -2.19. The van der Waals surface area contributed by atoms with E-state index in [2.05, 4.69) is 9.97 Å². The largest absolute Gasteiger partial charge is 0.365 e. The molecule has 1 aliphatic rings. The molecule has 7 nitrogen and oxygen atoms in total. The average Bonchev–Trinajstić information content (AvgIpc) is 3.39. The summed E-state index contributed by atoms with van der Waals surface area (Å²) in [7, 11) is 0. The zero-order valence-corrected chi connectivity index (χ0v) is 14.5. The van der Waals surface area contributed by atoms with Crippen LogP contribution in [0.4, 0.5) is 0 Å². The summed E-state index contributed by atoms with van der Waals surface area (Å²) in [6.07, 6.45) is 9.05. The molecule has 0 aliphatic heterocycles. The molecule has 4 rings (SSSR count). The topological polar surface area (TPSA) is 118 Å². The zero-order chi connectivity index (χ0) is 19.0. The number of carbonyl (C=O) groups excluding carboxylic acids is 1. The number of rotatable bonds is 5. The summed E-state index contributed by atoms with van der Waals surface area (Å²) in [6, 6.07) is 7.07. The monoisotopic (exact) mass is 359 g/mol. The molecule has 1 saturated carbocycles. The van der Waals surface area contributed by atoms with Crippen molar-refractivity contribution >= 4 is 23.0 Å². The fourth-order valence-corrected chi connectivity index (χ4v) is 3.04. The van der Waals surface area contributed by atoms with Crippen molar-refractivity contribution in [2.24, 2.45) is 11.7 Å². The summed E-state index contributed by atoms with van der Waals surface area (Å²) in [5, 5.41) is 9.82. The molecule has 27 heavy (non-hydrogen) atoms. The van der Waals surface area contributed by atoms with Gasteiger partial charge in [-0.3, -0.25) is 9.59 Å². The molecule has 3 aromatic rings. The fourth-order valence-electron chi connectivity index (χ4n) is 3.04. The molecule has 3 N–H and O–H groups in total. The van der Waals surface area contributed by atoms with E-state index in [1.807, 2.05) is 12.3 Å². The first-order valence-corrected chi connectivity index (χ1v) is 8.65. The van der Waals surface area contributed by atoms with Crippen molar-refractivity contribution in [3.8, 4) is 17.2 Å². The van der Waals surface area contributed by atoms with Gasteiger partial charge >= 0.3 is 0 Å². The van der Waals surface area contributed by atoms with Gasteiger partial charge in [0.15, 0.2) is 0 Å². The van der Waals surface area contributed by atoms with Gasteiger partial charge in [-0.15, -0.1) is 0 Å². The minimum atomic E-state index is -0.775. The molecule has 0 spiro atoms. The van der Waals surface area contributed by atoms with Gasteiger partial charge in [0.05, 0.1) is 0 Å².